The molecule has 7 heteroatoms. The molecule has 1 heterocycles. The lowest BCUT2D eigenvalue weighted by atomic mass is 10.2. The second kappa shape index (κ2) is 6.88. The van der Waals surface area contributed by atoms with Gasteiger partial charge in [-0.15, -0.1) is 24.0 Å². The van der Waals surface area contributed by atoms with Crippen LogP contribution in [0.5, 0.6) is 0 Å². The summed E-state index contributed by atoms with van der Waals surface area (Å²) < 4.78 is 27.2. The van der Waals surface area contributed by atoms with Crippen LogP contribution < -0.4 is 16.0 Å². The van der Waals surface area contributed by atoms with Gasteiger partial charge in [0.2, 0.25) is 0 Å². The number of rotatable bonds is 2. The summed E-state index contributed by atoms with van der Waals surface area (Å²) in [6.07, 6.45) is 0.768. The molecule has 106 valence electrons. The molecule has 0 amide bonds. The molecular formula is C12H17F2IN4. The Bertz CT molecular complexity index is 447. The lowest BCUT2D eigenvalue weighted by molar-refractivity contribution is 0.576. The first kappa shape index (κ1) is 15.9. The van der Waals surface area contributed by atoms with E-state index >= 15 is 0 Å². The van der Waals surface area contributed by atoms with Crippen LogP contribution in [-0.2, 0) is 0 Å². The van der Waals surface area contributed by atoms with Crippen molar-refractivity contribution in [3.8, 4) is 0 Å². The molecule has 0 saturated carbocycles. The van der Waals surface area contributed by atoms with E-state index in [0.717, 1.165) is 6.42 Å². The van der Waals surface area contributed by atoms with Gasteiger partial charge in [0, 0.05) is 26.2 Å². The molecule has 1 aromatic rings. The summed E-state index contributed by atoms with van der Waals surface area (Å²) >= 11 is 0. The van der Waals surface area contributed by atoms with Gasteiger partial charge < -0.3 is 16.0 Å². The highest BCUT2D eigenvalue weighted by Crippen LogP contribution is 2.26. The molecule has 1 aromatic carbocycles. The molecule has 1 unspecified atom stereocenters. The van der Waals surface area contributed by atoms with Crippen molar-refractivity contribution in [2.75, 3.05) is 25.0 Å². The van der Waals surface area contributed by atoms with Crippen LogP contribution in [0.3, 0.4) is 0 Å². The number of halogens is 3. The molecule has 2 rings (SSSR count). The first-order valence-electron chi connectivity index (χ1n) is 5.79. The van der Waals surface area contributed by atoms with Crippen molar-refractivity contribution in [2.24, 2.45) is 10.7 Å². The number of anilines is 1. The Balaban J connectivity index is 0.00000180. The summed E-state index contributed by atoms with van der Waals surface area (Å²) in [5, 5.41) is 3.01. The van der Waals surface area contributed by atoms with Crippen molar-refractivity contribution in [1.29, 1.82) is 0 Å². The van der Waals surface area contributed by atoms with E-state index in [0.29, 0.717) is 19.0 Å². The standard InChI is InChI=1S/C12H16F2N4.HI/c1-16-12(15)17-8-5-6-18(7-8)11-9(13)3-2-4-10(11)14;/h2-4,8H,5-7H2,1H3,(H3,15,16,17);1H. The second-order valence-corrected chi connectivity index (χ2v) is 4.26. The summed E-state index contributed by atoms with van der Waals surface area (Å²) in [5.74, 6) is -0.726. The van der Waals surface area contributed by atoms with E-state index in [1.165, 1.54) is 18.2 Å². The van der Waals surface area contributed by atoms with Crippen molar-refractivity contribution >= 4 is 35.6 Å². The third-order valence-electron chi connectivity index (χ3n) is 3.03. The number of hydrogen-bond donors (Lipinski definition) is 2. The van der Waals surface area contributed by atoms with Crippen LogP contribution in [0.2, 0.25) is 0 Å². The Morgan fingerprint density at radius 3 is 2.63 bits per heavy atom. The number of nitrogens with one attached hydrogen (secondary N) is 1. The van der Waals surface area contributed by atoms with Gasteiger partial charge in [0.15, 0.2) is 5.96 Å². The molecule has 1 aliphatic heterocycles. The minimum atomic E-state index is -0.534. The Labute approximate surface area is 128 Å². The Morgan fingerprint density at radius 1 is 1.42 bits per heavy atom. The molecule has 1 fully saturated rings. The highest BCUT2D eigenvalue weighted by molar-refractivity contribution is 14.0. The van der Waals surface area contributed by atoms with Crippen molar-refractivity contribution < 1.29 is 8.78 Å². The van der Waals surface area contributed by atoms with Gasteiger partial charge in [0.25, 0.3) is 0 Å². The van der Waals surface area contributed by atoms with Crippen LogP contribution in [0.15, 0.2) is 23.2 Å². The topological polar surface area (TPSA) is 53.6 Å². The fourth-order valence-corrected chi connectivity index (χ4v) is 2.15. The van der Waals surface area contributed by atoms with Gasteiger partial charge >= 0.3 is 0 Å². The quantitative estimate of drug-likeness (QED) is 0.465. The van der Waals surface area contributed by atoms with Crippen LogP contribution >= 0.6 is 24.0 Å². The highest BCUT2D eigenvalue weighted by Gasteiger charge is 2.26. The number of benzene rings is 1. The lowest BCUT2D eigenvalue weighted by Gasteiger charge is -2.20. The molecule has 1 atom stereocenters. The van der Waals surface area contributed by atoms with Gasteiger partial charge in [-0.1, -0.05) is 6.07 Å². The maximum Gasteiger partial charge on any atom is 0.188 e. The van der Waals surface area contributed by atoms with Crippen LogP contribution in [0.25, 0.3) is 0 Å². The van der Waals surface area contributed by atoms with E-state index < -0.39 is 11.6 Å². The maximum atomic E-state index is 13.6. The van der Waals surface area contributed by atoms with Crippen molar-refractivity contribution in [3.63, 3.8) is 0 Å². The van der Waals surface area contributed by atoms with Crippen LogP contribution in [0, 0.1) is 11.6 Å². The molecule has 1 aliphatic rings. The number of nitrogens with two attached hydrogens (primary N) is 1. The van der Waals surface area contributed by atoms with E-state index in [1.807, 2.05) is 0 Å². The van der Waals surface area contributed by atoms with E-state index in [2.05, 4.69) is 10.3 Å². The third kappa shape index (κ3) is 3.68. The SMILES string of the molecule is CN=C(N)NC1CCN(c2c(F)cccc2F)C1.I. The Morgan fingerprint density at radius 2 is 2.05 bits per heavy atom. The second-order valence-electron chi connectivity index (χ2n) is 4.26. The lowest BCUT2D eigenvalue weighted by Crippen LogP contribution is -2.41. The van der Waals surface area contributed by atoms with Crippen molar-refractivity contribution in [2.45, 2.75) is 12.5 Å². The smallest absolute Gasteiger partial charge is 0.188 e. The molecule has 0 aliphatic carbocycles. The number of para-hydroxylation sites is 1. The summed E-state index contributed by atoms with van der Waals surface area (Å²) in [5.41, 5.74) is 5.60. The van der Waals surface area contributed by atoms with Crippen LogP contribution in [-0.4, -0.2) is 32.1 Å². The highest BCUT2D eigenvalue weighted by atomic mass is 127. The molecule has 0 spiro atoms. The number of aliphatic imine (C=N–C) groups is 1. The van der Waals surface area contributed by atoms with E-state index in [9.17, 15) is 8.78 Å². The maximum absolute atomic E-state index is 13.6. The summed E-state index contributed by atoms with van der Waals surface area (Å²) in [4.78, 5) is 5.49. The normalized spacial score (nSPS) is 19.2. The monoisotopic (exact) mass is 382 g/mol. The van der Waals surface area contributed by atoms with Gasteiger partial charge in [-0.3, -0.25) is 4.99 Å². The fraction of sp³-hybridized carbons (Fsp3) is 0.417. The molecule has 0 bridgehead atoms. The number of hydrogen-bond acceptors (Lipinski definition) is 2. The van der Waals surface area contributed by atoms with Crippen LogP contribution in [0.1, 0.15) is 6.42 Å². The molecule has 0 aromatic heterocycles. The minimum absolute atomic E-state index is 0. The predicted molar refractivity (Wildman–Crippen MR) is 83.1 cm³/mol. The summed E-state index contributed by atoms with van der Waals surface area (Å²) in [6.45, 7) is 1.10. The first-order chi connectivity index (χ1) is 8.61. The zero-order chi connectivity index (χ0) is 13.1. The predicted octanol–water partition coefficient (Wildman–Crippen LogP) is 1.70. The van der Waals surface area contributed by atoms with Gasteiger partial charge in [0.05, 0.1) is 0 Å². The molecular weight excluding hydrogens is 365 g/mol. The fourth-order valence-electron chi connectivity index (χ4n) is 2.15. The number of nitrogens with zero attached hydrogens (tertiary/aromatic N) is 2. The zero-order valence-electron chi connectivity index (χ0n) is 10.6. The number of guanidine groups is 1. The minimum Gasteiger partial charge on any atom is -0.370 e. The van der Waals surface area contributed by atoms with Gasteiger partial charge in [0.1, 0.15) is 17.3 Å². The molecule has 4 nitrogen and oxygen atoms in total. The Kier molecular flexibility index (Phi) is 5.77. The van der Waals surface area contributed by atoms with E-state index in [-0.39, 0.29) is 35.7 Å². The van der Waals surface area contributed by atoms with E-state index in [4.69, 9.17) is 5.73 Å². The average Bonchev–Trinajstić information content (AvgIpc) is 2.77. The third-order valence-corrected chi connectivity index (χ3v) is 3.03. The summed E-state index contributed by atoms with van der Waals surface area (Å²) in [7, 11) is 1.59. The van der Waals surface area contributed by atoms with Gasteiger partial charge in [-0.25, -0.2) is 8.78 Å². The summed E-state index contributed by atoms with van der Waals surface area (Å²) in [6, 6.07) is 3.96. The Hall–Kier alpha value is -1.12. The molecule has 1 saturated heterocycles. The largest absolute Gasteiger partial charge is 0.370 e. The molecule has 0 radical (unpaired) electrons. The van der Waals surface area contributed by atoms with Crippen molar-refractivity contribution in [1.82, 2.24) is 5.32 Å². The van der Waals surface area contributed by atoms with E-state index in [1.54, 1.807) is 11.9 Å². The molecule has 19 heavy (non-hydrogen) atoms. The van der Waals surface area contributed by atoms with Crippen LogP contribution in [0.4, 0.5) is 14.5 Å². The van der Waals surface area contributed by atoms with Gasteiger partial charge in [-0.2, -0.15) is 0 Å². The zero-order valence-corrected chi connectivity index (χ0v) is 12.9. The molecule has 3 N–H and O–H groups in total. The average molecular weight is 382 g/mol. The first-order valence-corrected chi connectivity index (χ1v) is 5.79. The van der Waals surface area contributed by atoms with Gasteiger partial charge in [-0.05, 0) is 18.6 Å². The van der Waals surface area contributed by atoms with Crippen molar-refractivity contribution in [3.05, 3.63) is 29.8 Å².